The largest absolute Gasteiger partial charge is 0.481 e. The number of sulfonamides is 1. The molecule has 2 rings (SSSR count). The van der Waals surface area contributed by atoms with Crippen molar-refractivity contribution in [3.63, 3.8) is 0 Å². The normalized spacial score (nSPS) is 23.0. The molecule has 0 bridgehead atoms. The van der Waals surface area contributed by atoms with Crippen LogP contribution in [0.5, 0.6) is 0 Å². The first kappa shape index (κ1) is 16.5. The Labute approximate surface area is 133 Å². The van der Waals surface area contributed by atoms with Crippen molar-refractivity contribution in [3.8, 4) is 0 Å². The van der Waals surface area contributed by atoms with Crippen LogP contribution in [0, 0.1) is 5.92 Å². The lowest BCUT2D eigenvalue weighted by atomic mass is 9.85. The van der Waals surface area contributed by atoms with E-state index in [1.165, 1.54) is 18.2 Å². The number of hydrogen-bond acceptors (Lipinski definition) is 3. The molecule has 5 nitrogen and oxygen atoms in total. The number of carboxylic acid groups (broad SMARTS) is 1. The molecule has 2 unspecified atom stereocenters. The van der Waals surface area contributed by atoms with E-state index in [2.05, 4.69) is 4.72 Å². The summed E-state index contributed by atoms with van der Waals surface area (Å²) in [5, 5.41) is 9.27. The van der Waals surface area contributed by atoms with Crippen LogP contribution in [0.15, 0.2) is 23.1 Å². The predicted molar refractivity (Wildman–Crippen MR) is 80.2 cm³/mol. The molecular weight excluding hydrogens is 337 g/mol. The first-order chi connectivity index (χ1) is 9.83. The molecule has 21 heavy (non-hydrogen) atoms. The maximum atomic E-state index is 12.4. The molecule has 0 aromatic heterocycles. The summed E-state index contributed by atoms with van der Waals surface area (Å²) in [7, 11) is -3.91. The molecule has 1 aromatic rings. The van der Waals surface area contributed by atoms with Crippen LogP contribution < -0.4 is 4.72 Å². The average Bonchev–Trinajstić information content (AvgIpc) is 2.41. The van der Waals surface area contributed by atoms with Gasteiger partial charge in [0.05, 0.1) is 16.0 Å². The third-order valence-electron chi connectivity index (χ3n) is 3.60. The van der Waals surface area contributed by atoms with E-state index in [1.54, 1.807) is 0 Å². The first-order valence-electron chi connectivity index (χ1n) is 6.52. The smallest absolute Gasteiger partial charge is 0.308 e. The molecule has 1 aliphatic carbocycles. The van der Waals surface area contributed by atoms with Crippen molar-refractivity contribution in [1.82, 2.24) is 4.72 Å². The van der Waals surface area contributed by atoms with Gasteiger partial charge >= 0.3 is 5.97 Å². The fourth-order valence-electron chi connectivity index (χ4n) is 2.52. The molecule has 1 aromatic carbocycles. The van der Waals surface area contributed by atoms with E-state index >= 15 is 0 Å². The van der Waals surface area contributed by atoms with Gasteiger partial charge in [-0.2, -0.15) is 0 Å². The predicted octanol–water partition coefficient (Wildman–Crippen LogP) is 2.92. The van der Waals surface area contributed by atoms with Gasteiger partial charge in [-0.25, -0.2) is 13.1 Å². The molecule has 8 heteroatoms. The van der Waals surface area contributed by atoms with Gasteiger partial charge in [-0.05, 0) is 25.0 Å². The Kier molecular flexibility index (Phi) is 5.14. The Morgan fingerprint density at radius 1 is 1.24 bits per heavy atom. The molecule has 0 saturated heterocycles. The monoisotopic (exact) mass is 351 g/mol. The van der Waals surface area contributed by atoms with Crippen molar-refractivity contribution in [3.05, 3.63) is 28.2 Å². The maximum absolute atomic E-state index is 12.4. The van der Waals surface area contributed by atoms with Crippen LogP contribution in [0.4, 0.5) is 0 Å². The highest BCUT2D eigenvalue weighted by atomic mass is 35.5. The summed E-state index contributed by atoms with van der Waals surface area (Å²) in [6.07, 6.45) is 2.54. The summed E-state index contributed by atoms with van der Waals surface area (Å²) >= 11 is 11.8. The molecule has 0 spiro atoms. The van der Waals surface area contributed by atoms with Gasteiger partial charge in [-0.3, -0.25) is 4.79 Å². The minimum atomic E-state index is -3.91. The molecule has 0 amide bonds. The second-order valence-corrected chi connectivity index (χ2v) is 7.48. The number of hydrogen-bond donors (Lipinski definition) is 2. The summed E-state index contributed by atoms with van der Waals surface area (Å²) < 4.78 is 27.2. The number of carbonyl (C=O) groups is 1. The maximum Gasteiger partial charge on any atom is 0.308 e. The minimum Gasteiger partial charge on any atom is -0.481 e. The summed E-state index contributed by atoms with van der Waals surface area (Å²) in [4.78, 5) is 11.1. The van der Waals surface area contributed by atoms with Gasteiger partial charge in [0.15, 0.2) is 0 Å². The van der Waals surface area contributed by atoms with Crippen LogP contribution in [0.1, 0.15) is 25.7 Å². The zero-order chi connectivity index (χ0) is 15.6. The van der Waals surface area contributed by atoms with Gasteiger partial charge in [-0.15, -0.1) is 0 Å². The van der Waals surface area contributed by atoms with Gasteiger partial charge in [0.25, 0.3) is 0 Å². The van der Waals surface area contributed by atoms with Crippen molar-refractivity contribution in [1.29, 1.82) is 0 Å². The lowest BCUT2D eigenvalue weighted by Crippen LogP contribution is -2.45. The fourth-order valence-corrected chi connectivity index (χ4v) is 4.59. The number of rotatable bonds is 4. The molecule has 116 valence electrons. The Balaban J connectivity index is 2.28. The standard InChI is InChI=1S/C13H15Cl2NO4S/c14-9-5-3-7-11(12(9)15)21(19,20)16-10-6-2-1-4-8(10)13(17)18/h3,5,7-8,10,16H,1-2,4,6H2,(H,17,18). The molecule has 0 radical (unpaired) electrons. The number of carboxylic acids is 1. The van der Waals surface area contributed by atoms with E-state index in [9.17, 15) is 18.3 Å². The second-order valence-electron chi connectivity index (χ2n) is 5.01. The van der Waals surface area contributed by atoms with Crippen molar-refractivity contribution in [2.75, 3.05) is 0 Å². The highest BCUT2D eigenvalue weighted by molar-refractivity contribution is 7.89. The number of nitrogens with one attached hydrogen (secondary N) is 1. The molecule has 1 aliphatic rings. The highest BCUT2D eigenvalue weighted by Crippen LogP contribution is 2.31. The van der Waals surface area contributed by atoms with Gasteiger partial charge < -0.3 is 5.11 Å². The minimum absolute atomic E-state index is 0.0608. The van der Waals surface area contributed by atoms with E-state index in [0.717, 1.165) is 12.8 Å². The molecule has 1 fully saturated rings. The number of halogens is 2. The van der Waals surface area contributed by atoms with Crippen LogP contribution >= 0.6 is 23.2 Å². The zero-order valence-electron chi connectivity index (χ0n) is 11.1. The fraction of sp³-hybridized carbons (Fsp3) is 0.462. The third-order valence-corrected chi connectivity index (χ3v) is 6.06. The average molecular weight is 352 g/mol. The van der Waals surface area contributed by atoms with E-state index in [1.807, 2.05) is 0 Å². The number of benzene rings is 1. The van der Waals surface area contributed by atoms with E-state index in [0.29, 0.717) is 12.8 Å². The van der Waals surface area contributed by atoms with Crippen molar-refractivity contribution < 1.29 is 18.3 Å². The van der Waals surface area contributed by atoms with Crippen LogP contribution in [0.25, 0.3) is 0 Å². The van der Waals surface area contributed by atoms with Gasteiger partial charge in [-0.1, -0.05) is 42.1 Å². The Morgan fingerprint density at radius 3 is 2.57 bits per heavy atom. The molecular formula is C13H15Cl2NO4S. The van der Waals surface area contributed by atoms with Crippen LogP contribution in [-0.4, -0.2) is 25.5 Å². The topological polar surface area (TPSA) is 83.5 Å². The Hall–Kier alpha value is -0.820. The van der Waals surface area contributed by atoms with E-state index < -0.39 is 28.0 Å². The van der Waals surface area contributed by atoms with Crippen LogP contribution in [0.2, 0.25) is 10.0 Å². The SMILES string of the molecule is O=C(O)C1CCCCC1NS(=O)(=O)c1cccc(Cl)c1Cl. The highest BCUT2D eigenvalue weighted by Gasteiger charge is 2.34. The van der Waals surface area contributed by atoms with E-state index in [-0.39, 0.29) is 14.9 Å². The molecule has 2 atom stereocenters. The molecule has 2 N–H and O–H groups in total. The second kappa shape index (κ2) is 6.52. The lowest BCUT2D eigenvalue weighted by molar-refractivity contribution is -0.143. The van der Waals surface area contributed by atoms with Crippen LogP contribution in [0.3, 0.4) is 0 Å². The quantitative estimate of drug-likeness (QED) is 0.873. The summed E-state index contributed by atoms with van der Waals surface area (Å²) in [5.41, 5.74) is 0. The van der Waals surface area contributed by atoms with Crippen LogP contribution in [-0.2, 0) is 14.8 Å². The van der Waals surface area contributed by atoms with Gasteiger partial charge in [0.2, 0.25) is 10.0 Å². The van der Waals surface area contributed by atoms with Gasteiger partial charge in [0.1, 0.15) is 4.90 Å². The molecule has 0 aliphatic heterocycles. The Morgan fingerprint density at radius 2 is 1.90 bits per heavy atom. The lowest BCUT2D eigenvalue weighted by Gasteiger charge is -2.29. The van der Waals surface area contributed by atoms with E-state index in [4.69, 9.17) is 23.2 Å². The molecule has 0 heterocycles. The summed E-state index contributed by atoms with van der Waals surface area (Å²) in [5.74, 6) is -1.70. The first-order valence-corrected chi connectivity index (χ1v) is 8.76. The Bertz CT molecular complexity index is 648. The zero-order valence-corrected chi connectivity index (χ0v) is 13.4. The van der Waals surface area contributed by atoms with Crippen molar-refractivity contribution >= 4 is 39.2 Å². The summed E-state index contributed by atoms with van der Waals surface area (Å²) in [6.45, 7) is 0. The molecule has 1 saturated carbocycles. The van der Waals surface area contributed by atoms with Crippen molar-refractivity contribution in [2.24, 2.45) is 5.92 Å². The van der Waals surface area contributed by atoms with Crippen molar-refractivity contribution in [2.45, 2.75) is 36.6 Å². The summed E-state index contributed by atoms with van der Waals surface area (Å²) in [6, 6.07) is 3.69. The van der Waals surface area contributed by atoms with Gasteiger partial charge in [0, 0.05) is 6.04 Å². The third kappa shape index (κ3) is 3.69. The number of aliphatic carboxylic acids is 1.